The number of rotatable bonds is 1. The number of benzene rings is 2. The van der Waals surface area contributed by atoms with Crippen molar-refractivity contribution in [3.05, 3.63) is 76.0 Å². The van der Waals surface area contributed by atoms with Crippen LogP contribution in [0.15, 0.2) is 42.6 Å². The van der Waals surface area contributed by atoms with Gasteiger partial charge in [0.05, 0.1) is 5.56 Å². The van der Waals surface area contributed by atoms with Crippen LogP contribution >= 0.6 is 0 Å². The van der Waals surface area contributed by atoms with Gasteiger partial charge in [0.25, 0.3) is 0 Å². The number of nitrogens with zero attached hydrogens (tertiary/aromatic N) is 1. The highest BCUT2D eigenvalue weighted by Gasteiger charge is 2.51. The van der Waals surface area contributed by atoms with Crippen LogP contribution in [0.3, 0.4) is 0 Å². The molecule has 3 aromatic rings. The molecule has 0 fully saturated rings. The third-order valence-corrected chi connectivity index (χ3v) is 8.40. The van der Waals surface area contributed by atoms with E-state index in [1.807, 2.05) is 0 Å². The largest absolute Gasteiger partial charge is 0.216 e. The van der Waals surface area contributed by atoms with Crippen LogP contribution in [0, 0.1) is 6.92 Å². The molecular weight excluding hydrogens is 362 g/mol. The summed E-state index contributed by atoms with van der Waals surface area (Å²) in [5.41, 5.74) is 14.8. The maximum atomic E-state index is 2.55. The monoisotopic (exact) mass is 396 g/mol. The fraction of sp³-hybridized carbons (Fsp3) is 0.414. The van der Waals surface area contributed by atoms with Gasteiger partial charge in [0, 0.05) is 17.0 Å². The van der Waals surface area contributed by atoms with Gasteiger partial charge in [-0.2, -0.15) is 0 Å². The first-order valence-corrected chi connectivity index (χ1v) is 11.4. The average Bonchev–Trinajstić information content (AvgIpc) is 3.05. The summed E-state index contributed by atoms with van der Waals surface area (Å²) in [7, 11) is 2.22. The fourth-order valence-corrected chi connectivity index (χ4v) is 6.07. The van der Waals surface area contributed by atoms with E-state index >= 15 is 0 Å². The predicted octanol–water partition coefficient (Wildman–Crippen LogP) is 6.75. The molecule has 2 aromatic carbocycles. The van der Waals surface area contributed by atoms with Gasteiger partial charge < -0.3 is 0 Å². The predicted molar refractivity (Wildman–Crippen MR) is 126 cm³/mol. The number of aromatic nitrogens is 1. The van der Waals surface area contributed by atoms with Gasteiger partial charge in [0.2, 0.25) is 5.69 Å². The Balaban J connectivity index is 1.96. The molecule has 1 heterocycles. The second-order valence-corrected chi connectivity index (χ2v) is 10.8. The smallest absolute Gasteiger partial charge is 0.201 e. The highest BCUT2D eigenvalue weighted by atomic mass is 14.9. The minimum atomic E-state index is 0.0418. The lowest BCUT2D eigenvalue weighted by Gasteiger charge is -2.48. The number of hydrogen-bond donors (Lipinski definition) is 0. The molecule has 0 saturated carbocycles. The van der Waals surface area contributed by atoms with Crippen LogP contribution < -0.4 is 4.57 Å². The van der Waals surface area contributed by atoms with E-state index in [1.54, 1.807) is 0 Å². The van der Waals surface area contributed by atoms with Gasteiger partial charge in [-0.05, 0) is 63.6 Å². The molecule has 154 valence electrons. The SMILES string of the molecule is Cc1c2c(cc3c1-c1c(c(C(C)C)cc[n+]1C)C(C)(C)C3(C)C)Cc1ccccc1-2. The molecule has 2 aliphatic carbocycles. The zero-order valence-electron chi connectivity index (χ0n) is 19.8. The van der Waals surface area contributed by atoms with E-state index in [-0.39, 0.29) is 10.8 Å². The Bertz CT molecular complexity index is 1210. The van der Waals surface area contributed by atoms with Gasteiger partial charge >= 0.3 is 0 Å². The number of pyridine rings is 1. The van der Waals surface area contributed by atoms with E-state index in [1.165, 1.54) is 55.8 Å². The number of aryl methyl sites for hydroxylation is 1. The maximum Gasteiger partial charge on any atom is 0.216 e. The average molecular weight is 397 g/mol. The topological polar surface area (TPSA) is 3.88 Å². The van der Waals surface area contributed by atoms with Crippen LogP contribution in [0.2, 0.25) is 0 Å². The molecule has 0 aliphatic heterocycles. The normalized spacial score (nSPS) is 17.4. The second-order valence-electron chi connectivity index (χ2n) is 10.8. The Morgan fingerprint density at radius 2 is 1.60 bits per heavy atom. The summed E-state index contributed by atoms with van der Waals surface area (Å²) >= 11 is 0. The lowest BCUT2D eigenvalue weighted by Crippen LogP contribution is -2.49. The van der Waals surface area contributed by atoms with Crippen LogP contribution in [0.25, 0.3) is 22.4 Å². The van der Waals surface area contributed by atoms with Crippen molar-refractivity contribution in [1.82, 2.24) is 0 Å². The summed E-state index contributed by atoms with van der Waals surface area (Å²) in [4.78, 5) is 0. The molecule has 0 saturated heterocycles. The first kappa shape index (κ1) is 19.5. The van der Waals surface area contributed by atoms with Gasteiger partial charge in [-0.25, -0.2) is 4.57 Å². The Labute approximate surface area is 181 Å². The standard InChI is InChI=1S/C29H34N/c1-17(2)21-13-14-30(8)27-25-18(3)24-20(15-19-11-9-10-12-22(19)24)16-23(25)28(4,5)29(6,7)26(21)27/h9-14,16-17H,15H2,1-8H3/q+1. The first-order valence-electron chi connectivity index (χ1n) is 11.4. The highest BCUT2D eigenvalue weighted by molar-refractivity contribution is 5.88. The third-order valence-electron chi connectivity index (χ3n) is 8.40. The summed E-state index contributed by atoms with van der Waals surface area (Å²) < 4.78 is 2.37. The molecule has 0 amide bonds. The summed E-state index contributed by atoms with van der Waals surface area (Å²) in [5, 5.41) is 0. The summed E-state index contributed by atoms with van der Waals surface area (Å²) in [6.45, 7) is 16.9. The molecule has 30 heavy (non-hydrogen) atoms. The Morgan fingerprint density at radius 1 is 0.900 bits per heavy atom. The van der Waals surface area contributed by atoms with Crippen LogP contribution in [0.5, 0.6) is 0 Å². The zero-order chi connectivity index (χ0) is 21.6. The second kappa shape index (κ2) is 6.06. The van der Waals surface area contributed by atoms with Crippen molar-refractivity contribution in [2.24, 2.45) is 7.05 Å². The fourth-order valence-electron chi connectivity index (χ4n) is 6.07. The Morgan fingerprint density at radius 3 is 2.30 bits per heavy atom. The minimum Gasteiger partial charge on any atom is -0.201 e. The third kappa shape index (κ3) is 2.27. The molecule has 1 heteroatoms. The number of hydrogen-bond acceptors (Lipinski definition) is 0. The lowest BCUT2D eigenvalue weighted by atomic mass is 9.54. The Kier molecular flexibility index (Phi) is 3.95. The van der Waals surface area contributed by atoms with Gasteiger partial charge in [0.1, 0.15) is 7.05 Å². The van der Waals surface area contributed by atoms with E-state index in [0.717, 1.165) is 6.42 Å². The van der Waals surface area contributed by atoms with Crippen LogP contribution in [-0.2, 0) is 24.3 Å². The molecule has 0 bridgehead atoms. The zero-order valence-corrected chi connectivity index (χ0v) is 19.8. The van der Waals surface area contributed by atoms with Crippen molar-refractivity contribution in [2.75, 3.05) is 0 Å². The minimum absolute atomic E-state index is 0.0418. The van der Waals surface area contributed by atoms with Crippen molar-refractivity contribution in [3.63, 3.8) is 0 Å². The highest BCUT2D eigenvalue weighted by Crippen LogP contribution is 2.57. The van der Waals surface area contributed by atoms with E-state index in [0.29, 0.717) is 5.92 Å². The van der Waals surface area contributed by atoms with E-state index in [2.05, 4.69) is 103 Å². The van der Waals surface area contributed by atoms with Crippen LogP contribution in [-0.4, -0.2) is 0 Å². The van der Waals surface area contributed by atoms with Crippen molar-refractivity contribution in [2.45, 2.75) is 71.6 Å². The molecule has 0 spiro atoms. The molecule has 0 atom stereocenters. The van der Waals surface area contributed by atoms with E-state index in [9.17, 15) is 0 Å². The number of fused-ring (bicyclic) bond motifs is 6. The van der Waals surface area contributed by atoms with Gasteiger partial charge in [-0.15, -0.1) is 0 Å². The first-order chi connectivity index (χ1) is 14.1. The molecule has 2 aliphatic rings. The lowest BCUT2D eigenvalue weighted by molar-refractivity contribution is -0.661. The maximum absolute atomic E-state index is 2.55. The van der Waals surface area contributed by atoms with E-state index < -0.39 is 0 Å². The van der Waals surface area contributed by atoms with Crippen molar-refractivity contribution in [1.29, 1.82) is 0 Å². The van der Waals surface area contributed by atoms with Gasteiger partial charge in [0.15, 0.2) is 6.20 Å². The van der Waals surface area contributed by atoms with Gasteiger partial charge in [-0.1, -0.05) is 71.9 Å². The molecule has 1 aromatic heterocycles. The summed E-state index contributed by atoms with van der Waals surface area (Å²) in [5.74, 6) is 0.507. The molecule has 0 radical (unpaired) electrons. The van der Waals surface area contributed by atoms with Crippen molar-refractivity contribution < 1.29 is 4.57 Å². The summed E-state index contributed by atoms with van der Waals surface area (Å²) in [6, 6.07) is 13.9. The van der Waals surface area contributed by atoms with Crippen molar-refractivity contribution >= 4 is 0 Å². The molecular formula is C29H34N+. The summed E-state index contributed by atoms with van der Waals surface area (Å²) in [6.07, 6.45) is 3.33. The molecule has 1 nitrogen and oxygen atoms in total. The van der Waals surface area contributed by atoms with Crippen LogP contribution in [0.4, 0.5) is 0 Å². The molecule has 5 rings (SSSR count). The van der Waals surface area contributed by atoms with E-state index in [4.69, 9.17) is 0 Å². The van der Waals surface area contributed by atoms with Crippen molar-refractivity contribution in [3.8, 4) is 22.4 Å². The van der Waals surface area contributed by atoms with Gasteiger partial charge in [-0.3, -0.25) is 0 Å². The Hall–Kier alpha value is -2.41. The molecule has 0 unspecified atom stereocenters. The van der Waals surface area contributed by atoms with Crippen LogP contribution in [0.1, 0.15) is 80.8 Å². The molecule has 0 N–H and O–H groups in total. The quantitative estimate of drug-likeness (QED) is 0.313.